The minimum Gasteiger partial charge on any atom is -0.409 e. The summed E-state index contributed by atoms with van der Waals surface area (Å²) in [5.41, 5.74) is 0.671. The van der Waals surface area contributed by atoms with Crippen LogP contribution in [0.3, 0.4) is 0 Å². The van der Waals surface area contributed by atoms with Crippen LogP contribution in [0.2, 0.25) is 0 Å². The summed E-state index contributed by atoms with van der Waals surface area (Å²) in [6.07, 6.45) is 1.69. The zero-order valence-corrected chi connectivity index (χ0v) is 15.2. The Bertz CT molecular complexity index is 763. The Morgan fingerprint density at radius 2 is 2.24 bits per heavy atom. The van der Waals surface area contributed by atoms with Crippen molar-refractivity contribution in [2.24, 2.45) is 10.1 Å². The fraction of sp³-hybridized carbons (Fsp3) is 0.286. The summed E-state index contributed by atoms with van der Waals surface area (Å²) in [5.74, 6) is -0.114. The van der Waals surface area contributed by atoms with Crippen LogP contribution in [-0.4, -0.2) is 59.8 Å². The molecule has 0 spiro atoms. The van der Waals surface area contributed by atoms with Gasteiger partial charge in [-0.3, -0.25) is 4.99 Å². The summed E-state index contributed by atoms with van der Waals surface area (Å²) in [5, 5.41) is 25.7. The molecule has 1 heterocycles. The number of hydrogen-bond donors (Lipinski definition) is 3. The monoisotopic (exact) mass is 413 g/mol. The van der Waals surface area contributed by atoms with Crippen molar-refractivity contribution >= 4 is 39.6 Å². The molecule has 0 aliphatic heterocycles. The van der Waals surface area contributed by atoms with Crippen molar-refractivity contribution in [3.8, 4) is 0 Å². The van der Waals surface area contributed by atoms with E-state index < -0.39 is 5.82 Å². The zero-order valence-electron chi connectivity index (χ0n) is 13.6. The molecule has 0 unspecified atom stereocenters. The molecule has 1 aromatic heterocycles. The third-order valence-electron chi connectivity index (χ3n) is 2.84. The van der Waals surface area contributed by atoms with Gasteiger partial charge in [-0.15, -0.1) is 0 Å². The van der Waals surface area contributed by atoms with Crippen molar-refractivity contribution in [1.82, 2.24) is 15.2 Å². The molecule has 0 saturated carbocycles. The first-order chi connectivity index (χ1) is 12.0. The summed E-state index contributed by atoms with van der Waals surface area (Å²) in [7, 11) is 3.75. The minimum absolute atomic E-state index is 0.000879. The fourth-order valence-electron chi connectivity index (χ4n) is 1.76. The number of aliphatic imine (C=N–C) groups is 1. The summed E-state index contributed by atoms with van der Waals surface area (Å²) in [6, 6.07) is 4.25. The molecule has 2 aromatic rings. The first-order valence-corrected chi connectivity index (χ1v) is 7.98. The lowest BCUT2D eigenvalue weighted by Crippen LogP contribution is -2.17. The molecular formula is C14H17BrFN7O2. The van der Waals surface area contributed by atoms with Crippen LogP contribution in [-0.2, 0) is 0 Å². The minimum atomic E-state index is -0.406. The number of rotatable bonds is 7. The number of anilines is 2. The van der Waals surface area contributed by atoms with E-state index in [-0.39, 0.29) is 16.0 Å². The zero-order chi connectivity index (χ0) is 18.2. The van der Waals surface area contributed by atoms with Gasteiger partial charge >= 0.3 is 0 Å². The summed E-state index contributed by atoms with van der Waals surface area (Å²) in [4.78, 5) is 6.00. The Hall–Kier alpha value is -2.69. The third-order valence-corrected chi connectivity index (χ3v) is 3.45. The van der Waals surface area contributed by atoms with Gasteiger partial charge in [-0.05, 0) is 44.4 Å². The van der Waals surface area contributed by atoms with E-state index in [2.05, 4.69) is 47.0 Å². The lowest BCUT2D eigenvalue weighted by atomic mass is 10.3. The maximum Gasteiger partial charge on any atom is 0.203 e. The molecule has 25 heavy (non-hydrogen) atoms. The molecule has 0 fully saturated rings. The molecule has 0 bridgehead atoms. The predicted molar refractivity (Wildman–Crippen MR) is 95.9 cm³/mol. The number of hydrogen-bond acceptors (Lipinski definition) is 7. The Morgan fingerprint density at radius 3 is 2.92 bits per heavy atom. The first-order valence-electron chi connectivity index (χ1n) is 7.18. The highest BCUT2D eigenvalue weighted by molar-refractivity contribution is 9.10. The summed E-state index contributed by atoms with van der Waals surface area (Å²) in [6.45, 7) is 0.987. The van der Waals surface area contributed by atoms with Crippen molar-refractivity contribution < 1.29 is 14.2 Å². The van der Waals surface area contributed by atoms with Crippen LogP contribution in [0, 0.1) is 5.82 Å². The second-order valence-electron chi connectivity index (χ2n) is 5.08. The van der Waals surface area contributed by atoms with Gasteiger partial charge in [-0.1, -0.05) is 5.16 Å². The smallest absolute Gasteiger partial charge is 0.203 e. The normalized spacial score (nSPS) is 11.8. The quantitative estimate of drug-likeness (QED) is 0.210. The molecule has 9 nitrogen and oxygen atoms in total. The molecule has 0 aliphatic carbocycles. The van der Waals surface area contributed by atoms with Crippen LogP contribution in [0.4, 0.5) is 15.9 Å². The SMILES string of the molecule is CN(C)/C=N/CCNc1nonc1/C(=N/O)Nc1ccc(F)c(Br)c1. The molecule has 1 aromatic carbocycles. The maximum atomic E-state index is 13.3. The molecule has 11 heteroatoms. The molecule has 0 atom stereocenters. The summed E-state index contributed by atoms with van der Waals surface area (Å²) >= 11 is 3.09. The van der Waals surface area contributed by atoms with Gasteiger partial charge in [0.2, 0.25) is 11.7 Å². The number of benzene rings is 1. The second kappa shape index (κ2) is 8.97. The van der Waals surface area contributed by atoms with E-state index in [1.807, 2.05) is 19.0 Å². The lowest BCUT2D eigenvalue weighted by Gasteiger charge is -2.08. The highest BCUT2D eigenvalue weighted by Crippen LogP contribution is 2.21. The molecule has 0 saturated heterocycles. The van der Waals surface area contributed by atoms with E-state index in [0.717, 1.165) is 0 Å². The average Bonchev–Trinajstić information content (AvgIpc) is 3.03. The van der Waals surface area contributed by atoms with Gasteiger partial charge < -0.3 is 20.7 Å². The van der Waals surface area contributed by atoms with E-state index >= 15 is 0 Å². The van der Waals surface area contributed by atoms with Crippen molar-refractivity contribution in [2.45, 2.75) is 0 Å². The molecule has 0 aliphatic rings. The number of oxime groups is 1. The van der Waals surface area contributed by atoms with Crippen molar-refractivity contribution in [3.63, 3.8) is 0 Å². The number of halogens is 2. The van der Waals surface area contributed by atoms with Crippen molar-refractivity contribution in [2.75, 3.05) is 37.8 Å². The maximum absolute atomic E-state index is 13.3. The standard InChI is InChI=1S/C14H17BrFN7O2/c1-23(2)8-17-5-6-18-13-12(21-25-22-13)14(20-24)19-9-3-4-11(16)10(15)7-9/h3-4,7-8,24H,5-6H2,1-2H3,(H,18,22)(H,19,20)/b17-8+. The van der Waals surface area contributed by atoms with Gasteiger partial charge in [0.05, 0.1) is 17.4 Å². The van der Waals surface area contributed by atoms with Crippen LogP contribution in [0.5, 0.6) is 0 Å². The van der Waals surface area contributed by atoms with E-state index in [1.54, 1.807) is 6.34 Å². The van der Waals surface area contributed by atoms with Gasteiger partial charge in [0.25, 0.3) is 0 Å². The van der Waals surface area contributed by atoms with E-state index in [0.29, 0.717) is 24.6 Å². The van der Waals surface area contributed by atoms with Crippen LogP contribution < -0.4 is 10.6 Å². The van der Waals surface area contributed by atoms with E-state index in [1.165, 1.54) is 18.2 Å². The number of amidine groups is 1. The van der Waals surface area contributed by atoms with Crippen molar-refractivity contribution in [1.29, 1.82) is 0 Å². The number of aromatic nitrogens is 2. The van der Waals surface area contributed by atoms with Crippen molar-refractivity contribution in [3.05, 3.63) is 34.2 Å². The molecule has 134 valence electrons. The van der Waals surface area contributed by atoms with E-state index in [9.17, 15) is 9.60 Å². The van der Waals surface area contributed by atoms with Gasteiger partial charge in [0.1, 0.15) is 5.82 Å². The van der Waals surface area contributed by atoms with Crippen LogP contribution in [0.25, 0.3) is 0 Å². The van der Waals surface area contributed by atoms with Crippen LogP contribution >= 0.6 is 15.9 Å². The third kappa shape index (κ3) is 5.41. The van der Waals surface area contributed by atoms with Gasteiger partial charge in [-0.2, -0.15) is 0 Å². The Balaban J connectivity index is 2.04. The Kier molecular flexibility index (Phi) is 6.69. The lowest BCUT2D eigenvalue weighted by molar-refractivity contribution is 0.305. The van der Waals surface area contributed by atoms with Gasteiger partial charge in [-0.25, -0.2) is 9.02 Å². The largest absolute Gasteiger partial charge is 0.409 e. The first kappa shape index (κ1) is 18.6. The topological polar surface area (TPSA) is 111 Å². The van der Waals surface area contributed by atoms with Crippen LogP contribution in [0.1, 0.15) is 5.69 Å². The molecule has 3 N–H and O–H groups in total. The van der Waals surface area contributed by atoms with E-state index in [4.69, 9.17) is 4.63 Å². The Morgan fingerprint density at radius 1 is 1.44 bits per heavy atom. The number of nitrogens with zero attached hydrogens (tertiary/aromatic N) is 5. The highest BCUT2D eigenvalue weighted by Gasteiger charge is 2.17. The molecule has 0 radical (unpaired) electrons. The molecule has 2 rings (SSSR count). The summed E-state index contributed by atoms with van der Waals surface area (Å²) < 4.78 is 18.3. The predicted octanol–water partition coefficient (Wildman–Crippen LogP) is 2.22. The number of nitrogens with one attached hydrogen (secondary N) is 2. The van der Waals surface area contributed by atoms with Gasteiger partial charge in [0, 0.05) is 26.3 Å². The second-order valence-corrected chi connectivity index (χ2v) is 5.93. The molecular weight excluding hydrogens is 397 g/mol. The molecule has 0 amide bonds. The Labute approximate surface area is 151 Å². The fourth-order valence-corrected chi connectivity index (χ4v) is 2.14. The van der Waals surface area contributed by atoms with Gasteiger partial charge in [0.15, 0.2) is 5.69 Å². The highest BCUT2D eigenvalue weighted by atomic mass is 79.9. The average molecular weight is 414 g/mol. The van der Waals surface area contributed by atoms with Crippen LogP contribution in [0.15, 0.2) is 37.4 Å².